The molecule has 0 unspecified atom stereocenters. The number of nitrogens with zero attached hydrogens (tertiary/aromatic N) is 2. The molecule has 0 aliphatic carbocycles. The lowest BCUT2D eigenvalue weighted by atomic mass is 9.98. The Balaban J connectivity index is 1.52. The van der Waals surface area contributed by atoms with Gasteiger partial charge in [-0.05, 0) is 23.8 Å². The number of para-hydroxylation sites is 1. The van der Waals surface area contributed by atoms with Crippen molar-refractivity contribution in [3.05, 3.63) is 101 Å². The predicted molar refractivity (Wildman–Crippen MR) is 122 cm³/mol. The normalized spacial score (nSPS) is 14.1. The topological polar surface area (TPSA) is 53.8 Å². The highest BCUT2D eigenvalue weighted by atomic mass is 16.4. The molecule has 4 aromatic rings. The van der Waals surface area contributed by atoms with Crippen molar-refractivity contribution in [1.82, 2.24) is 4.90 Å². The van der Waals surface area contributed by atoms with Crippen molar-refractivity contribution in [2.75, 3.05) is 31.1 Å². The lowest BCUT2D eigenvalue weighted by Crippen LogP contribution is -2.49. The largest absolute Gasteiger partial charge is 0.416 e. The van der Waals surface area contributed by atoms with Crippen molar-refractivity contribution < 1.29 is 9.21 Å². The highest BCUT2D eigenvalue weighted by molar-refractivity contribution is 6.07. The number of carbonyl (C=O) groups excluding carboxylic acids is 1. The standard InChI is InChI=1S/C26H22N2O3/c29-25(28-17-15-27(16-18-28)20-11-5-2-6-12-20)24-23(19-9-3-1-4-10-19)21-13-7-8-14-22(21)26(30)31-24/h1-14H,15-18H2. The SMILES string of the molecule is O=C(c1oc(=O)c2ccccc2c1-c1ccccc1)N1CCN(c2ccccc2)CC1. The molecule has 0 radical (unpaired) electrons. The van der Waals surface area contributed by atoms with Gasteiger partial charge in [0.25, 0.3) is 5.91 Å². The molecule has 31 heavy (non-hydrogen) atoms. The molecule has 1 aliphatic heterocycles. The first-order valence-electron chi connectivity index (χ1n) is 10.4. The third kappa shape index (κ3) is 3.59. The lowest BCUT2D eigenvalue weighted by molar-refractivity contribution is 0.0711. The summed E-state index contributed by atoms with van der Waals surface area (Å²) in [6, 6.07) is 27.1. The minimum absolute atomic E-state index is 0.114. The average molecular weight is 410 g/mol. The van der Waals surface area contributed by atoms with Gasteiger partial charge in [0.1, 0.15) is 0 Å². The van der Waals surface area contributed by atoms with Crippen LogP contribution in [0.4, 0.5) is 5.69 Å². The van der Waals surface area contributed by atoms with E-state index in [1.54, 1.807) is 17.0 Å². The van der Waals surface area contributed by atoms with E-state index in [1.165, 1.54) is 0 Å². The molecule has 1 aliphatic rings. The monoisotopic (exact) mass is 410 g/mol. The van der Waals surface area contributed by atoms with Crippen molar-refractivity contribution in [1.29, 1.82) is 0 Å². The molecule has 2 heterocycles. The van der Waals surface area contributed by atoms with Crippen molar-refractivity contribution >= 4 is 22.4 Å². The fourth-order valence-electron chi connectivity index (χ4n) is 4.19. The first-order chi connectivity index (χ1) is 15.2. The van der Waals surface area contributed by atoms with Gasteiger partial charge in [0.2, 0.25) is 5.76 Å². The summed E-state index contributed by atoms with van der Waals surface area (Å²) < 4.78 is 5.64. The van der Waals surface area contributed by atoms with Crippen LogP contribution < -0.4 is 10.5 Å². The zero-order valence-corrected chi connectivity index (χ0v) is 17.0. The van der Waals surface area contributed by atoms with E-state index in [2.05, 4.69) is 17.0 Å². The number of piperazine rings is 1. The van der Waals surface area contributed by atoms with Crippen LogP contribution in [0, 0.1) is 0 Å². The number of fused-ring (bicyclic) bond motifs is 1. The van der Waals surface area contributed by atoms with Gasteiger partial charge >= 0.3 is 5.63 Å². The molecule has 5 nitrogen and oxygen atoms in total. The van der Waals surface area contributed by atoms with Crippen LogP contribution in [-0.2, 0) is 0 Å². The number of anilines is 1. The van der Waals surface area contributed by atoms with Crippen LogP contribution in [0.5, 0.6) is 0 Å². The molecule has 0 saturated carbocycles. The van der Waals surface area contributed by atoms with Gasteiger partial charge in [-0.2, -0.15) is 0 Å². The predicted octanol–water partition coefficient (Wildman–Crippen LogP) is 4.42. The minimum Gasteiger partial charge on any atom is -0.416 e. The van der Waals surface area contributed by atoms with E-state index >= 15 is 0 Å². The first kappa shape index (κ1) is 19.1. The van der Waals surface area contributed by atoms with E-state index in [4.69, 9.17) is 4.42 Å². The lowest BCUT2D eigenvalue weighted by Gasteiger charge is -2.36. The molecule has 0 spiro atoms. The summed E-state index contributed by atoms with van der Waals surface area (Å²) in [6.45, 7) is 2.60. The van der Waals surface area contributed by atoms with Crippen molar-refractivity contribution in [3.63, 3.8) is 0 Å². The first-order valence-corrected chi connectivity index (χ1v) is 10.4. The van der Waals surface area contributed by atoms with E-state index in [0.29, 0.717) is 24.0 Å². The Morgan fingerprint density at radius 3 is 1.97 bits per heavy atom. The van der Waals surface area contributed by atoms with Gasteiger partial charge < -0.3 is 14.2 Å². The summed E-state index contributed by atoms with van der Waals surface area (Å²) in [5, 5.41) is 1.21. The van der Waals surface area contributed by atoms with E-state index in [9.17, 15) is 9.59 Å². The Hall–Kier alpha value is -3.86. The Kier molecular flexibility index (Phi) is 5.00. The third-order valence-electron chi connectivity index (χ3n) is 5.78. The summed E-state index contributed by atoms with van der Waals surface area (Å²) in [7, 11) is 0. The molecule has 3 aromatic carbocycles. The summed E-state index contributed by atoms with van der Waals surface area (Å²) >= 11 is 0. The second kappa shape index (κ2) is 8.11. The maximum absolute atomic E-state index is 13.5. The van der Waals surface area contributed by atoms with Gasteiger partial charge in [-0.3, -0.25) is 4.79 Å². The second-order valence-corrected chi connectivity index (χ2v) is 7.62. The number of hydrogen-bond acceptors (Lipinski definition) is 4. The smallest absolute Gasteiger partial charge is 0.344 e. The molecule has 5 rings (SSSR count). The van der Waals surface area contributed by atoms with E-state index < -0.39 is 5.63 Å². The summed E-state index contributed by atoms with van der Waals surface area (Å²) in [5.74, 6) is -0.127. The highest BCUT2D eigenvalue weighted by Gasteiger charge is 2.28. The number of amides is 1. The fraction of sp³-hybridized carbons (Fsp3) is 0.154. The van der Waals surface area contributed by atoms with Crippen molar-refractivity contribution in [2.24, 2.45) is 0 Å². The maximum Gasteiger partial charge on any atom is 0.344 e. The molecule has 154 valence electrons. The molecule has 1 amide bonds. The van der Waals surface area contributed by atoms with Crippen LogP contribution >= 0.6 is 0 Å². The average Bonchev–Trinajstić information content (AvgIpc) is 2.85. The van der Waals surface area contributed by atoms with Crippen LogP contribution in [-0.4, -0.2) is 37.0 Å². The summed E-state index contributed by atoms with van der Waals surface area (Å²) in [5.41, 5.74) is 2.19. The molecule has 5 heteroatoms. The molecule has 0 N–H and O–H groups in total. The van der Waals surface area contributed by atoms with Gasteiger partial charge in [-0.1, -0.05) is 66.7 Å². The van der Waals surface area contributed by atoms with Crippen LogP contribution in [0.3, 0.4) is 0 Å². The van der Waals surface area contributed by atoms with Gasteiger partial charge in [0.15, 0.2) is 0 Å². The van der Waals surface area contributed by atoms with E-state index in [0.717, 1.165) is 29.7 Å². The minimum atomic E-state index is -0.485. The molecular formula is C26H22N2O3. The number of rotatable bonds is 3. The zero-order valence-electron chi connectivity index (χ0n) is 17.0. The van der Waals surface area contributed by atoms with Gasteiger partial charge in [-0.15, -0.1) is 0 Å². The number of hydrogen-bond donors (Lipinski definition) is 0. The number of benzene rings is 3. The Morgan fingerprint density at radius 1 is 0.710 bits per heavy atom. The van der Waals surface area contributed by atoms with E-state index in [-0.39, 0.29) is 11.7 Å². The zero-order chi connectivity index (χ0) is 21.2. The Bertz CT molecular complexity index is 1270. The van der Waals surface area contributed by atoms with Crippen molar-refractivity contribution in [3.8, 4) is 11.1 Å². The molecule has 1 saturated heterocycles. The van der Waals surface area contributed by atoms with Crippen molar-refractivity contribution in [2.45, 2.75) is 0 Å². The van der Waals surface area contributed by atoms with Crippen LogP contribution in [0.1, 0.15) is 10.6 Å². The van der Waals surface area contributed by atoms with Gasteiger partial charge in [-0.25, -0.2) is 4.79 Å². The van der Waals surface area contributed by atoms with Crippen LogP contribution in [0.15, 0.2) is 94.1 Å². The molecular weight excluding hydrogens is 388 g/mol. The Labute approximate surface area is 180 Å². The highest BCUT2D eigenvalue weighted by Crippen LogP contribution is 2.31. The molecule has 1 aromatic heterocycles. The fourth-order valence-corrected chi connectivity index (χ4v) is 4.19. The van der Waals surface area contributed by atoms with Crippen LogP contribution in [0.2, 0.25) is 0 Å². The Morgan fingerprint density at radius 2 is 1.29 bits per heavy atom. The van der Waals surface area contributed by atoms with Gasteiger partial charge in [0.05, 0.1) is 5.39 Å². The maximum atomic E-state index is 13.5. The van der Waals surface area contributed by atoms with Gasteiger partial charge in [0, 0.05) is 42.8 Å². The summed E-state index contributed by atoms with van der Waals surface area (Å²) in [6.07, 6.45) is 0. The molecule has 1 fully saturated rings. The second-order valence-electron chi connectivity index (χ2n) is 7.62. The van der Waals surface area contributed by atoms with E-state index in [1.807, 2.05) is 60.7 Å². The molecule has 0 atom stereocenters. The number of carbonyl (C=O) groups is 1. The third-order valence-corrected chi connectivity index (χ3v) is 5.78. The van der Waals surface area contributed by atoms with Crippen LogP contribution in [0.25, 0.3) is 21.9 Å². The molecule has 0 bridgehead atoms. The summed E-state index contributed by atoms with van der Waals surface area (Å²) in [4.78, 5) is 30.2. The quantitative estimate of drug-likeness (QED) is 0.502.